The highest BCUT2D eigenvalue weighted by atomic mass is 32.1. The zero-order valence-corrected chi connectivity index (χ0v) is 18.3. The van der Waals surface area contributed by atoms with Gasteiger partial charge in [0.1, 0.15) is 5.00 Å². The van der Waals surface area contributed by atoms with Crippen LogP contribution in [0, 0.1) is 0 Å². The summed E-state index contributed by atoms with van der Waals surface area (Å²) in [6.45, 7) is 0.463. The van der Waals surface area contributed by atoms with Crippen molar-refractivity contribution < 1.29 is 23.5 Å². The van der Waals surface area contributed by atoms with Crippen LogP contribution in [-0.4, -0.2) is 32.6 Å². The molecule has 2 N–H and O–H groups in total. The Balaban J connectivity index is 1.45. The summed E-state index contributed by atoms with van der Waals surface area (Å²) in [4.78, 5) is 26.6. The number of amides is 2. The number of thiophene rings is 1. The summed E-state index contributed by atoms with van der Waals surface area (Å²) in [6, 6.07) is 8.96. The van der Waals surface area contributed by atoms with Crippen LogP contribution in [-0.2, 0) is 19.3 Å². The second-order valence-electron chi connectivity index (χ2n) is 7.19. The van der Waals surface area contributed by atoms with Crippen LogP contribution in [0.15, 0.2) is 41.0 Å². The zero-order chi connectivity index (χ0) is 21.8. The molecule has 0 aliphatic heterocycles. The first-order valence-corrected chi connectivity index (χ1v) is 10.9. The van der Waals surface area contributed by atoms with Gasteiger partial charge in [-0.25, -0.2) is 0 Å². The fraction of sp³-hybridized carbons (Fsp3) is 0.304. The van der Waals surface area contributed by atoms with Crippen LogP contribution < -0.4 is 20.1 Å². The van der Waals surface area contributed by atoms with Crippen molar-refractivity contribution in [3.05, 3.63) is 63.9 Å². The molecule has 0 bridgehead atoms. The molecule has 2 aromatic heterocycles. The molecule has 2 amide bonds. The van der Waals surface area contributed by atoms with Gasteiger partial charge in [0.2, 0.25) is 0 Å². The first-order chi connectivity index (χ1) is 15.1. The number of methoxy groups -OCH3 is 2. The number of nitrogens with one attached hydrogen (secondary N) is 2. The van der Waals surface area contributed by atoms with Gasteiger partial charge in [0.25, 0.3) is 11.8 Å². The normalized spacial score (nSPS) is 12.3. The number of anilines is 1. The number of furan rings is 1. The Morgan fingerprint density at radius 1 is 1.10 bits per heavy atom. The molecule has 0 saturated carbocycles. The predicted molar refractivity (Wildman–Crippen MR) is 119 cm³/mol. The van der Waals surface area contributed by atoms with Crippen molar-refractivity contribution in [3.8, 4) is 11.5 Å². The van der Waals surface area contributed by atoms with Crippen LogP contribution in [0.2, 0.25) is 0 Å². The molecular formula is C23H24N2O5S. The average molecular weight is 441 g/mol. The first-order valence-electron chi connectivity index (χ1n) is 10.1. The fourth-order valence-corrected chi connectivity index (χ4v) is 5.03. The summed E-state index contributed by atoms with van der Waals surface area (Å²) in [5, 5.41) is 6.43. The molecule has 0 saturated heterocycles. The van der Waals surface area contributed by atoms with E-state index in [1.807, 2.05) is 18.2 Å². The highest BCUT2D eigenvalue weighted by Gasteiger charge is 2.27. The third-order valence-corrected chi connectivity index (χ3v) is 6.47. The average Bonchev–Trinajstić information content (AvgIpc) is 3.51. The second-order valence-corrected chi connectivity index (χ2v) is 8.29. The van der Waals surface area contributed by atoms with Gasteiger partial charge in [-0.2, -0.15) is 0 Å². The molecule has 31 heavy (non-hydrogen) atoms. The molecule has 0 radical (unpaired) electrons. The summed E-state index contributed by atoms with van der Waals surface area (Å²) in [7, 11) is 3.19. The van der Waals surface area contributed by atoms with Crippen LogP contribution in [0.25, 0.3) is 0 Å². The molecule has 0 fully saturated rings. The fourth-order valence-electron chi connectivity index (χ4n) is 3.75. The number of benzene rings is 1. The lowest BCUT2D eigenvalue weighted by molar-refractivity contribution is 0.0954. The third kappa shape index (κ3) is 4.44. The smallest absolute Gasteiger partial charge is 0.291 e. The third-order valence-electron chi connectivity index (χ3n) is 5.27. The molecule has 162 valence electrons. The van der Waals surface area contributed by atoms with E-state index in [4.69, 9.17) is 13.9 Å². The van der Waals surface area contributed by atoms with Crippen LogP contribution in [0.1, 0.15) is 43.3 Å². The number of carbonyl (C=O) groups excluding carboxylic acids is 2. The summed E-state index contributed by atoms with van der Waals surface area (Å²) >= 11 is 1.48. The summed E-state index contributed by atoms with van der Waals surface area (Å²) in [6.07, 6.45) is 4.90. The number of aryl methyl sites for hydroxylation is 1. The Bertz CT molecular complexity index is 1090. The largest absolute Gasteiger partial charge is 0.493 e. The Morgan fingerprint density at radius 3 is 2.68 bits per heavy atom. The topological polar surface area (TPSA) is 89.8 Å². The second kappa shape index (κ2) is 9.26. The molecule has 0 unspecified atom stereocenters. The van der Waals surface area contributed by atoms with E-state index in [2.05, 4.69) is 10.6 Å². The summed E-state index contributed by atoms with van der Waals surface area (Å²) in [5.41, 5.74) is 2.65. The minimum Gasteiger partial charge on any atom is -0.493 e. The van der Waals surface area contributed by atoms with Crippen molar-refractivity contribution in [2.45, 2.75) is 25.7 Å². The van der Waals surface area contributed by atoms with Crippen LogP contribution in [0.4, 0.5) is 5.00 Å². The maximum absolute atomic E-state index is 13.0. The minimum absolute atomic E-state index is 0.172. The molecule has 1 aromatic carbocycles. The summed E-state index contributed by atoms with van der Waals surface area (Å²) < 4.78 is 15.8. The molecule has 0 atom stereocenters. The number of hydrogen-bond donors (Lipinski definition) is 2. The van der Waals surface area contributed by atoms with Crippen LogP contribution >= 0.6 is 11.3 Å². The molecule has 4 rings (SSSR count). The molecule has 1 aliphatic carbocycles. The van der Waals surface area contributed by atoms with E-state index in [1.165, 1.54) is 22.5 Å². The molecule has 0 spiro atoms. The van der Waals surface area contributed by atoms with Gasteiger partial charge in [-0.1, -0.05) is 6.07 Å². The Labute approximate surface area is 184 Å². The van der Waals surface area contributed by atoms with Crippen molar-refractivity contribution >= 4 is 28.2 Å². The Kier molecular flexibility index (Phi) is 6.27. The van der Waals surface area contributed by atoms with Gasteiger partial charge < -0.3 is 24.5 Å². The lowest BCUT2D eigenvalue weighted by Crippen LogP contribution is -2.27. The summed E-state index contributed by atoms with van der Waals surface area (Å²) in [5.74, 6) is 1.01. The van der Waals surface area contributed by atoms with Crippen molar-refractivity contribution in [1.82, 2.24) is 5.32 Å². The lowest BCUT2D eigenvalue weighted by Gasteiger charge is -2.11. The number of hydrogen-bond acceptors (Lipinski definition) is 6. The highest BCUT2D eigenvalue weighted by molar-refractivity contribution is 7.17. The minimum atomic E-state index is -0.357. The lowest BCUT2D eigenvalue weighted by atomic mass is 10.1. The van der Waals surface area contributed by atoms with Gasteiger partial charge >= 0.3 is 0 Å². The zero-order valence-electron chi connectivity index (χ0n) is 17.4. The number of carbonyl (C=O) groups is 2. The molecule has 3 aromatic rings. The number of ether oxygens (including phenoxy) is 2. The van der Waals surface area contributed by atoms with Gasteiger partial charge in [-0.05, 0) is 61.1 Å². The van der Waals surface area contributed by atoms with Gasteiger partial charge in [0.05, 0.1) is 26.0 Å². The molecule has 1 aliphatic rings. The van der Waals surface area contributed by atoms with E-state index in [1.54, 1.807) is 26.4 Å². The Morgan fingerprint density at radius 2 is 1.94 bits per heavy atom. The van der Waals surface area contributed by atoms with E-state index in [0.29, 0.717) is 35.0 Å². The van der Waals surface area contributed by atoms with Crippen LogP contribution in [0.5, 0.6) is 11.5 Å². The maximum Gasteiger partial charge on any atom is 0.291 e. The maximum atomic E-state index is 13.0. The predicted octanol–water partition coefficient (Wildman–Crippen LogP) is 4.07. The van der Waals surface area contributed by atoms with E-state index in [0.717, 1.165) is 30.4 Å². The van der Waals surface area contributed by atoms with Gasteiger partial charge in [-0.15, -0.1) is 11.3 Å². The van der Waals surface area contributed by atoms with Crippen molar-refractivity contribution in [2.24, 2.45) is 0 Å². The van der Waals surface area contributed by atoms with Crippen molar-refractivity contribution in [3.63, 3.8) is 0 Å². The standard InChI is InChI=1S/C23H24N2O5S/c1-28-16-9-8-14(13-18(16)29-2)10-11-24-22(27)20-15-5-3-7-19(15)31-23(20)25-21(26)17-6-4-12-30-17/h4,6,8-9,12-13H,3,5,7,10-11H2,1-2H3,(H,24,27)(H,25,26). The van der Waals surface area contributed by atoms with Gasteiger partial charge in [0.15, 0.2) is 17.3 Å². The molecule has 2 heterocycles. The molecule has 8 heteroatoms. The van der Waals surface area contributed by atoms with E-state index in [-0.39, 0.29) is 17.6 Å². The number of rotatable bonds is 8. The van der Waals surface area contributed by atoms with Crippen molar-refractivity contribution in [2.75, 3.05) is 26.1 Å². The number of fused-ring (bicyclic) bond motifs is 1. The SMILES string of the molecule is COc1ccc(CCNC(=O)c2c(NC(=O)c3ccco3)sc3c2CCC3)cc1OC. The van der Waals surface area contributed by atoms with E-state index >= 15 is 0 Å². The highest BCUT2D eigenvalue weighted by Crippen LogP contribution is 2.39. The molecule has 7 nitrogen and oxygen atoms in total. The van der Waals surface area contributed by atoms with Crippen LogP contribution in [0.3, 0.4) is 0 Å². The Hall–Kier alpha value is -3.26. The monoisotopic (exact) mass is 440 g/mol. The van der Waals surface area contributed by atoms with Gasteiger partial charge in [-0.3, -0.25) is 9.59 Å². The molecular weight excluding hydrogens is 416 g/mol. The van der Waals surface area contributed by atoms with E-state index in [9.17, 15) is 9.59 Å². The van der Waals surface area contributed by atoms with E-state index < -0.39 is 0 Å². The van der Waals surface area contributed by atoms with Crippen molar-refractivity contribution in [1.29, 1.82) is 0 Å². The first kappa shape index (κ1) is 21.0. The quantitative estimate of drug-likeness (QED) is 0.551. The van der Waals surface area contributed by atoms with Gasteiger partial charge in [0, 0.05) is 11.4 Å².